The molecule has 1 fully saturated rings. The molecule has 0 bridgehead atoms. The van der Waals surface area contributed by atoms with Crippen LogP contribution in [-0.4, -0.2) is 66.1 Å². The number of aliphatic hydroxyl groups is 1. The zero-order chi connectivity index (χ0) is 27.5. The van der Waals surface area contributed by atoms with E-state index in [2.05, 4.69) is 34.9 Å². The van der Waals surface area contributed by atoms with Gasteiger partial charge in [0.25, 0.3) is 0 Å². The average Bonchev–Trinajstić information content (AvgIpc) is 2.96. The second-order valence-corrected chi connectivity index (χ2v) is 9.70. The Balaban J connectivity index is 1.08. The fraction of sp³-hybridized carbons (Fsp3) is 0.367. The van der Waals surface area contributed by atoms with Crippen LogP contribution in [0.5, 0.6) is 11.5 Å². The molecule has 3 aromatic rings. The average molecular weight is 538 g/mol. The molecule has 0 radical (unpaired) electrons. The van der Waals surface area contributed by atoms with Crippen molar-refractivity contribution in [2.45, 2.75) is 38.0 Å². The van der Waals surface area contributed by atoms with Crippen molar-refractivity contribution in [2.24, 2.45) is 0 Å². The fourth-order valence-electron chi connectivity index (χ4n) is 4.32. The maximum Gasteiger partial charge on any atom is 0.410 e. The van der Waals surface area contributed by atoms with E-state index in [4.69, 9.17) is 9.47 Å². The number of rotatable bonds is 12. The molecule has 1 aliphatic heterocycles. The van der Waals surface area contributed by atoms with E-state index >= 15 is 0 Å². The number of aliphatic hydroxyl groups excluding tert-OH is 1. The summed E-state index contributed by atoms with van der Waals surface area (Å²) in [7, 11) is 0. The number of ether oxygens (including phenoxy) is 2. The van der Waals surface area contributed by atoms with E-state index in [1.165, 1.54) is 17.7 Å². The first-order valence-electron chi connectivity index (χ1n) is 13.3. The number of phenols is 1. The third-order valence-electron chi connectivity index (χ3n) is 6.60. The second kappa shape index (κ2) is 14.4. The first kappa shape index (κ1) is 28.2. The monoisotopic (exact) mass is 537 g/mol. The van der Waals surface area contributed by atoms with Gasteiger partial charge in [0, 0.05) is 31.4 Å². The van der Waals surface area contributed by atoms with Crippen LogP contribution in [0.25, 0.3) is 0 Å². The van der Waals surface area contributed by atoms with E-state index < -0.39 is 6.10 Å². The summed E-state index contributed by atoms with van der Waals surface area (Å²) in [6.07, 6.45) is 1.53. The molecule has 0 aliphatic carbocycles. The maximum atomic E-state index is 13.0. The van der Waals surface area contributed by atoms with Gasteiger partial charge in [0.15, 0.2) is 0 Å². The summed E-state index contributed by atoms with van der Waals surface area (Å²) in [4.78, 5) is 14.1. The lowest BCUT2D eigenvalue weighted by Gasteiger charge is -2.32. The van der Waals surface area contributed by atoms with Crippen LogP contribution in [0.4, 0.5) is 14.9 Å². The number of phenolic OH excluding ortho intramolecular Hbond substituents is 1. The number of anilines is 1. The maximum absolute atomic E-state index is 13.0. The Morgan fingerprint density at radius 3 is 2.33 bits per heavy atom. The van der Waals surface area contributed by atoms with Crippen molar-refractivity contribution in [1.82, 2.24) is 10.2 Å². The fourth-order valence-corrected chi connectivity index (χ4v) is 4.32. The highest BCUT2D eigenvalue weighted by molar-refractivity contribution is 5.67. The van der Waals surface area contributed by atoms with Gasteiger partial charge in [-0.25, -0.2) is 9.18 Å². The molecule has 4 N–H and O–H groups in total. The lowest BCUT2D eigenvalue weighted by atomic mass is 10.0. The minimum Gasteiger partial charge on any atom is -0.508 e. The molecule has 0 unspecified atom stereocenters. The number of carbonyl (C=O) groups is 1. The van der Waals surface area contributed by atoms with Crippen LogP contribution >= 0.6 is 0 Å². The number of piperidine rings is 1. The van der Waals surface area contributed by atoms with Crippen molar-refractivity contribution in [2.75, 3.05) is 38.1 Å². The summed E-state index contributed by atoms with van der Waals surface area (Å²) in [6, 6.07) is 21.0. The molecule has 1 heterocycles. The predicted octanol–water partition coefficient (Wildman–Crippen LogP) is 4.32. The lowest BCUT2D eigenvalue weighted by molar-refractivity contribution is 0.0881. The number of nitrogens with one attached hydrogen (secondary N) is 2. The van der Waals surface area contributed by atoms with E-state index in [-0.39, 0.29) is 36.9 Å². The van der Waals surface area contributed by atoms with Crippen LogP contribution in [0.15, 0.2) is 72.8 Å². The minimum atomic E-state index is -0.631. The highest BCUT2D eigenvalue weighted by Gasteiger charge is 2.23. The molecule has 1 amide bonds. The van der Waals surface area contributed by atoms with Gasteiger partial charge in [-0.1, -0.05) is 24.3 Å². The number of benzene rings is 3. The first-order valence-corrected chi connectivity index (χ1v) is 13.3. The molecule has 8 nitrogen and oxygen atoms in total. The number of nitrogens with zero attached hydrogens (tertiary/aromatic N) is 1. The van der Waals surface area contributed by atoms with Gasteiger partial charge in [0.2, 0.25) is 0 Å². The Bertz CT molecular complexity index is 1150. The number of aromatic hydroxyl groups is 1. The largest absolute Gasteiger partial charge is 0.508 e. The van der Waals surface area contributed by atoms with Crippen molar-refractivity contribution < 1.29 is 28.9 Å². The van der Waals surface area contributed by atoms with Crippen molar-refractivity contribution in [1.29, 1.82) is 0 Å². The number of halogens is 1. The Hall–Kier alpha value is -3.82. The Kier molecular flexibility index (Phi) is 10.4. The summed E-state index contributed by atoms with van der Waals surface area (Å²) < 4.78 is 23.9. The van der Waals surface area contributed by atoms with Gasteiger partial charge >= 0.3 is 6.09 Å². The standard InChI is InChI=1S/C30H36FN3O5/c31-24-5-1-23(2-6-24)20-39-30(37)34-17-14-26(15-18-34)33-25-7-3-22(4-8-25)13-16-32-19-28(36)21-38-29-11-9-27(35)10-12-29/h1-12,26,28,32-33,35-36H,13-21H2/t28-/m0/s1. The third kappa shape index (κ3) is 9.46. The lowest BCUT2D eigenvalue weighted by Crippen LogP contribution is -2.42. The van der Waals surface area contributed by atoms with E-state index in [0.717, 1.165) is 37.1 Å². The molecule has 39 heavy (non-hydrogen) atoms. The molecule has 1 atom stereocenters. The van der Waals surface area contributed by atoms with Crippen LogP contribution in [0, 0.1) is 5.82 Å². The van der Waals surface area contributed by atoms with Crippen LogP contribution in [0.1, 0.15) is 24.0 Å². The number of amides is 1. The van der Waals surface area contributed by atoms with Crippen molar-refractivity contribution >= 4 is 11.8 Å². The van der Waals surface area contributed by atoms with Gasteiger partial charge in [-0.3, -0.25) is 0 Å². The topological polar surface area (TPSA) is 103 Å². The van der Waals surface area contributed by atoms with Gasteiger partial charge < -0.3 is 35.2 Å². The van der Waals surface area contributed by atoms with E-state index in [1.807, 2.05) is 0 Å². The smallest absolute Gasteiger partial charge is 0.410 e. The van der Waals surface area contributed by atoms with E-state index in [1.54, 1.807) is 41.3 Å². The van der Waals surface area contributed by atoms with Gasteiger partial charge in [0.1, 0.15) is 36.6 Å². The molecule has 1 saturated heterocycles. The molecule has 0 spiro atoms. The molecule has 9 heteroatoms. The van der Waals surface area contributed by atoms with Gasteiger partial charge in [0.05, 0.1) is 0 Å². The molecule has 3 aromatic carbocycles. The van der Waals surface area contributed by atoms with Crippen molar-refractivity contribution in [3.05, 3.63) is 89.7 Å². The first-order chi connectivity index (χ1) is 18.9. The molecular weight excluding hydrogens is 501 g/mol. The molecule has 0 saturated carbocycles. The number of hydrogen-bond donors (Lipinski definition) is 4. The number of likely N-dealkylation sites (tertiary alicyclic amines) is 1. The molecular formula is C30H36FN3O5. The molecule has 1 aliphatic rings. The molecule has 208 valence electrons. The minimum absolute atomic E-state index is 0.134. The molecule has 0 aromatic heterocycles. The van der Waals surface area contributed by atoms with Crippen LogP contribution in [0.3, 0.4) is 0 Å². The highest BCUT2D eigenvalue weighted by Crippen LogP contribution is 2.19. The third-order valence-corrected chi connectivity index (χ3v) is 6.60. The Morgan fingerprint density at radius 1 is 0.974 bits per heavy atom. The summed E-state index contributed by atoms with van der Waals surface area (Å²) in [5.74, 6) is 0.467. The SMILES string of the molecule is O=C(OCc1ccc(F)cc1)N1CCC(Nc2ccc(CCNC[C@H](O)COc3ccc(O)cc3)cc2)CC1. The van der Waals surface area contributed by atoms with Gasteiger partial charge in [-0.15, -0.1) is 0 Å². The number of hydrogen-bond acceptors (Lipinski definition) is 7. The summed E-state index contributed by atoms with van der Waals surface area (Å²) in [5.41, 5.74) is 3.00. The zero-order valence-corrected chi connectivity index (χ0v) is 21.9. The highest BCUT2D eigenvalue weighted by atomic mass is 19.1. The Morgan fingerprint density at radius 2 is 1.64 bits per heavy atom. The Labute approximate surface area is 228 Å². The van der Waals surface area contributed by atoms with Crippen molar-refractivity contribution in [3.63, 3.8) is 0 Å². The normalized spacial score (nSPS) is 14.6. The van der Waals surface area contributed by atoms with Crippen LogP contribution in [0.2, 0.25) is 0 Å². The molecule has 4 rings (SSSR count). The van der Waals surface area contributed by atoms with E-state index in [9.17, 15) is 19.4 Å². The van der Waals surface area contributed by atoms with Gasteiger partial charge in [-0.05, 0) is 85.5 Å². The van der Waals surface area contributed by atoms with Gasteiger partial charge in [-0.2, -0.15) is 0 Å². The zero-order valence-electron chi connectivity index (χ0n) is 21.9. The van der Waals surface area contributed by atoms with E-state index in [0.29, 0.717) is 25.4 Å². The van der Waals surface area contributed by atoms with Crippen LogP contribution in [-0.2, 0) is 17.8 Å². The summed E-state index contributed by atoms with van der Waals surface area (Å²) in [6.45, 7) is 2.71. The second-order valence-electron chi connectivity index (χ2n) is 9.70. The quantitative estimate of drug-likeness (QED) is 0.255. The predicted molar refractivity (Wildman–Crippen MR) is 147 cm³/mol. The van der Waals surface area contributed by atoms with Crippen molar-refractivity contribution in [3.8, 4) is 11.5 Å². The summed E-state index contributed by atoms with van der Waals surface area (Å²) >= 11 is 0. The van der Waals surface area contributed by atoms with Crippen LogP contribution < -0.4 is 15.4 Å². The number of carbonyl (C=O) groups excluding carboxylic acids is 1. The summed E-state index contributed by atoms with van der Waals surface area (Å²) in [5, 5.41) is 26.2.